The quantitative estimate of drug-likeness (QED) is 0.814. The van der Waals surface area contributed by atoms with E-state index in [4.69, 9.17) is 15.2 Å². The van der Waals surface area contributed by atoms with Crippen LogP contribution >= 0.6 is 0 Å². The zero-order chi connectivity index (χ0) is 17.1. The van der Waals surface area contributed by atoms with Crippen molar-refractivity contribution >= 4 is 11.8 Å². The van der Waals surface area contributed by atoms with Crippen LogP contribution in [0.5, 0.6) is 0 Å². The number of anilines is 1. The topological polar surface area (TPSA) is 96.4 Å². The van der Waals surface area contributed by atoms with Gasteiger partial charge in [0.1, 0.15) is 12.8 Å². The molecule has 0 saturated carbocycles. The molecule has 0 amide bonds. The van der Waals surface area contributed by atoms with Crippen molar-refractivity contribution in [1.29, 1.82) is 0 Å². The molecule has 1 aromatic heterocycles. The Bertz CT molecular complexity index is 635. The number of nitrogens with two attached hydrogens (primary N) is 1. The number of hydrogen-bond donors (Lipinski definition) is 1. The lowest BCUT2D eigenvalue weighted by atomic mass is 10.1. The van der Waals surface area contributed by atoms with Crippen LogP contribution in [-0.4, -0.2) is 34.4 Å². The lowest BCUT2D eigenvalue weighted by Crippen LogP contribution is -2.31. The first-order valence-corrected chi connectivity index (χ1v) is 7.27. The van der Waals surface area contributed by atoms with E-state index in [2.05, 4.69) is 4.98 Å². The smallest absolute Gasteiger partial charge is 0.351 e. The summed E-state index contributed by atoms with van der Waals surface area (Å²) in [5.41, 5.74) is 4.27. The van der Waals surface area contributed by atoms with E-state index in [0.29, 0.717) is 4.57 Å². The molecule has 9 heteroatoms. The highest BCUT2D eigenvalue weighted by atomic mass is 19.1. The van der Waals surface area contributed by atoms with Gasteiger partial charge in [-0.25, -0.2) is 13.6 Å². The van der Waals surface area contributed by atoms with Crippen molar-refractivity contribution in [2.75, 3.05) is 12.3 Å². The molecular weight excluding hydrogens is 312 g/mol. The van der Waals surface area contributed by atoms with Gasteiger partial charge in [-0.3, -0.25) is 9.36 Å². The Balaban J connectivity index is 2.00. The zero-order valence-electron chi connectivity index (χ0n) is 12.9. The molecule has 3 atom stereocenters. The maximum Gasteiger partial charge on any atom is 0.351 e. The van der Waals surface area contributed by atoms with E-state index in [1.54, 1.807) is 0 Å². The second kappa shape index (κ2) is 7.03. The van der Waals surface area contributed by atoms with E-state index in [1.165, 1.54) is 0 Å². The summed E-state index contributed by atoms with van der Waals surface area (Å²) in [5, 5.41) is 0. The predicted octanol–water partition coefficient (Wildman–Crippen LogP) is 1.18. The van der Waals surface area contributed by atoms with E-state index in [9.17, 15) is 18.4 Å². The summed E-state index contributed by atoms with van der Waals surface area (Å²) >= 11 is 0. The fourth-order valence-electron chi connectivity index (χ4n) is 2.27. The summed E-state index contributed by atoms with van der Waals surface area (Å²) < 4.78 is 38.6. The molecule has 7 nitrogen and oxygen atoms in total. The molecule has 1 aliphatic rings. The highest BCUT2D eigenvalue weighted by Gasteiger charge is 2.38. The van der Waals surface area contributed by atoms with Gasteiger partial charge >= 0.3 is 11.7 Å². The van der Waals surface area contributed by atoms with Crippen molar-refractivity contribution in [3.63, 3.8) is 0 Å². The van der Waals surface area contributed by atoms with Gasteiger partial charge < -0.3 is 15.2 Å². The number of carbonyl (C=O) groups excluding carboxylic acids is 1. The number of halogens is 2. The molecule has 0 spiro atoms. The number of rotatable bonds is 5. The maximum absolute atomic E-state index is 14.1. The van der Waals surface area contributed by atoms with E-state index in [-0.39, 0.29) is 25.4 Å². The second-order valence-corrected chi connectivity index (χ2v) is 5.85. The van der Waals surface area contributed by atoms with Crippen molar-refractivity contribution in [2.24, 2.45) is 5.92 Å². The van der Waals surface area contributed by atoms with Gasteiger partial charge in [-0.05, 0) is 5.92 Å². The molecule has 1 aliphatic heterocycles. The standard InChI is InChI=1S/C14H19F2N3O4/c1-7(2)3-11(20)22-6-8-4-9(15)13(23-8)19-5-10(16)12(17)18-14(19)21/h5,7-9,13H,3-4,6H2,1-2H3,(H2,17,18,21). The first-order valence-electron chi connectivity index (χ1n) is 7.27. The maximum atomic E-state index is 14.1. The van der Waals surface area contributed by atoms with Gasteiger partial charge in [0.15, 0.2) is 17.9 Å². The van der Waals surface area contributed by atoms with E-state index >= 15 is 0 Å². The third-order valence-electron chi connectivity index (χ3n) is 3.34. The first kappa shape index (κ1) is 17.3. The summed E-state index contributed by atoms with van der Waals surface area (Å²) in [5.74, 6) is -1.75. The van der Waals surface area contributed by atoms with Crippen LogP contribution in [0, 0.1) is 11.7 Å². The summed E-state index contributed by atoms with van der Waals surface area (Å²) in [7, 11) is 0. The van der Waals surface area contributed by atoms with Crippen LogP contribution in [0.3, 0.4) is 0 Å². The number of alkyl halides is 1. The molecule has 2 heterocycles. The van der Waals surface area contributed by atoms with Gasteiger partial charge in [-0.2, -0.15) is 4.98 Å². The number of carbonyl (C=O) groups is 1. The van der Waals surface area contributed by atoms with E-state index in [0.717, 1.165) is 6.20 Å². The number of aromatic nitrogens is 2. The SMILES string of the molecule is CC(C)CC(=O)OCC1CC(F)C(n2cc(F)c(N)nc2=O)O1. The second-order valence-electron chi connectivity index (χ2n) is 5.85. The number of esters is 1. The van der Waals surface area contributed by atoms with Crippen molar-refractivity contribution in [1.82, 2.24) is 9.55 Å². The Morgan fingerprint density at radius 3 is 2.96 bits per heavy atom. The molecule has 1 saturated heterocycles. The van der Waals surface area contributed by atoms with Crippen molar-refractivity contribution in [3.05, 3.63) is 22.5 Å². The van der Waals surface area contributed by atoms with Crippen LogP contribution in [-0.2, 0) is 14.3 Å². The molecule has 0 bridgehead atoms. The summed E-state index contributed by atoms with van der Waals surface area (Å²) in [4.78, 5) is 26.4. The van der Waals surface area contributed by atoms with Crippen LogP contribution in [0.15, 0.2) is 11.0 Å². The van der Waals surface area contributed by atoms with Gasteiger partial charge in [-0.15, -0.1) is 0 Å². The number of ether oxygens (including phenoxy) is 2. The lowest BCUT2D eigenvalue weighted by Gasteiger charge is -2.17. The van der Waals surface area contributed by atoms with E-state index < -0.39 is 41.8 Å². The van der Waals surface area contributed by atoms with Crippen LogP contribution in [0.2, 0.25) is 0 Å². The molecule has 0 aromatic carbocycles. The van der Waals surface area contributed by atoms with Crippen LogP contribution < -0.4 is 11.4 Å². The lowest BCUT2D eigenvalue weighted by molar-refractivity contribution is -0.149. The number of nitrogen functional groups attached to an aromatic ring is 1. The van der Waals surface area contributed by atoms with Gasteiger partial charge in [-0.1, -0.05) is 13.8 Å². The minimum atomic E-state index is -1.55. The van der Waals surface area contributed by atoms with Crippen LogP contribution in [0.1, 0.15) is 32.9 Å². The van der Waals surface area contributed by atoms with Gasteiger partial charge in [0.05, 0.1) is 12.3 Å². The molecule has 1 fully saturated rings. The average Bonchev–Trinajstić information content (AvgIpc) is 2.81. The molecule has 2 N–H and O–H groups in total. The Labute approximate surface area is 131 Å². The monoisotopic (exact) mass is 331 g/mol. The Morgan fingerprint density at radius 1 is 1.61 bits per heavy atom. The van der Waals surface area contributed by atoms with Crippen LogP contribution in [0.4, 0.5) is 14.6 Å². The normalized spacial score (nSPS) is 24.1. The molecule has 0 aliphatic carbocycles. The highest BCUT2D eigenvalue weighted by molar-refractivity contribution is 5.69. The molecule has 23 heavy (non-hydrogen) atoms. The molecule has 0 radical (unpaired) electrons. The van der Waals surface area contributed by atoms with Crippen molar-refractivity contribution in [2.45, 2.75) is 45.2 Å². The largest absolute Gasteiger partial charge is 0.463 e. The summed E-state index contributed by atoms with van der Waals surface area (Å²) in [6.45, 7) is 3.62. The minimum Gasteiger partial charge on any atom is -0.463 e. The van der Waals surface area contributed by atoms with Crippen LogP contribution in [0.25, 0.3) is 0 Å². The molecular formula is C14H19F2N3O4. The van der Waals surface area contributed by atoms with Gasteiger partial charge in [0.2, 0.25) is 0 Å². The highest BCUT2D eigenvalue weighted by Crippen LogP contribution is 2.30. The molecule has 3 unspecified atom stereocenters. The zero-order valence-corrected chi connectivity index (χ0v) is 12.9. The summed E-state index contributed by atoms with van der Waals surface area (Å²) in [6, 6.07) is 0. The van der Waals surface area contributed by atoms with Crippen molar-refractivity contribution < 1.29 is 23.0 Å². The minimum absolute atomic E-state index is 0.0714. The summed E-state index contributed by atoms with van der Waals surface area (Å²) in [6.07, 6.45) is -2.64. The number of nitrogens with zero attached hydrogens (tertiary/aromatic N) is 2. The van der Waals surface area contributed by atoms with Gasteiger partial charge in [0.25, 0.3) is 0 Å². The molecule has 1 aromatic rings. The number of hydrogen-bond acceptors (Lipinski definition) is 6. The van der Waals surface area contributed by atoms with E-state index in [1.807, 2.05) is 13.8 Å². The Kier molecular flexibility index (Phi) is 5.30. The fraction of sp³-hybridized carbons (Fsp3) is 0.643. The van der Waals surface area contributed by atoms with Crippen molar-refractivity contribution in [3.8, 4) is 0 Å². The molecule has 2 rings (SSSR count). The Morgan fingerprint density at radius 2 is 2.30 bits per heavy atom. The third-order valence-corrected chi connectivity index (χ3v) is 3.34. The predicted molar refractivity (Wildman–Crippen MR) is 76.7 cm³/mol. The fourth-order valence-corrected chi connectivity index (χ4v) is 2.27. The Hall–Kier alpha value is -2.03. The van der Waals surface area contributed by atoms with Gasteiger partial charge in [0, 0.05) is 12.8 Å². The molecule has 128 valence electrons. The first-order chi connectivity index (χ1) is 10.8. The third kappa shape index (κ3) is 4.25. The average molecular weight is 331 g/mol.